The van der Waals surface area contributed by atoms with Crippen LogP contribution in [0, 0.1) is 0 Å². The van der Waals surface area contributed by atoms with Gasteiger partial charge in [-0.2, -0.15) is 5.10 Å². The second-order valence-corrected chi connectivity index (χ2v) is 5.92. The predicted octanol–water partition coefficient (Wildman–Crippen LogP) is 3.64. The van der Waals surface area contributed by atoms with Crippen molar-refractivity contribution in [2.24, 2.45) is 5.84 Å². The molecule has 1 aromatic heterocycles. The van der Waals surface area contributed by atoms with Gasteiger partial charge in [0.25, 0.3) is 0 Å². The van der Waals surface area contributed by atoms with E-state index in [0.717, 1.165) is 25.0 Å². The van der Waals surface area contributed by atoms with Gasteiger partial charge in [-0.25, -0.2) is 0 Å². The van der Waals surface area contributed by atoms with Gasteiger partial charge in [0.05, 0.1) is 23.0 Å². The second-order valence-electron chi connectivity index (χ2n) is 5.51. The van der Waals surface area contributed by atoms with Crippen molar-refractivity contribution in [2.75, 3.05) is 0 Å². The Morgan fingerprint density at radius 2 is 2.00 bits per heavy atom. The maximum Gasteiger partial charge on any atom is 0.0834 e. The standard InChI is InChI=1S/C16H23ClN4/c1-12(2)21-16(14(17)11-19-21)15(20-18)10-6-9-13-7-4-3-5-8-13/h3-5,7-8,11-12,15,20H,6,9-10,18H2,1-2H3. The van der Waals surface area contributed by atoms with Crippen molar-refractivity contribution in [3.8, 4) is 0 Å². The van der Waals surface area contributed by atoms with Gasteiger partial charge in [0.1, 0.15) is 0 Å². The molecule has 2 aromatic rings. The van der Waals surface area contributed by atoms with E-state index in [-0.39, 0.29) is 12.1 Å². The van der Waals surface area contributed by atoms with E-state index in [2.05, 4.69) is 48.6 Å². The number of hydrogen-bond acceptors (Lipinski definition) is 3. The van der Waals surface area contributed by atoms with Gasteiger partial charge in [-0.05, 0) is 38.7 Å². The number of aryl methyl sites for hydroxylation is 1. The molecule has 1 atom stereocenters. The molecule has 0 aliphatic carbocycles. The molecule has 114 valence electrons. The summed E-state index contributed by atoms with van der Waals surface area (Å²) in [4.78, 5) is 0. The Balaban J connectivity index is 2.02. The van der Waals surface area contributed by atoms with E-state index in [4.69, 9.17) is 17.4 Å². The van der Waals surface area contributed by atoms with Crippen LogP contribution in [0.2, 0.25) is 5.02 Å². The Hall–Kier alpha value is -1.36. The zero-order chi connectivity index (χ0) is 15.2. The van der Waals surface area contributed by atoms with E-state index in [1.54, 1.807) is 6.20 Å². The molecule has 0 fully saturated rings. The van der Waals surface area contributed by atoms with Crippen LogP contribution in [-0.4, -0.2) is 9.78 Å². The molecule has 0 aliphatic heterocycles. The van der Waals surface area contributed by atoms with Crippen molar-refractivity contribution in [2.45, 2.75) is 45.2 Å². The van der Waals surface area contributed by atoms with E-state index < -0.39 is 0 Å². The minimum Gasteiger partial charge on any atom is -0.271 e. The van der Waals surface area contributed by atoms with Gasteiger partial charge < -0.3 is 0 Å². The molecule has 0 bridgehead atoms. The predicted molar refractivity (Wildman–Crippen MR) is 87.1 cm³/mol. The number of hydrazine groups is 1. The van der Waals surface area contributed by atoms with Crippen LogP contribution in [0.3, 0.4) is 0 Å². The molecule has 0 saturated heterocycles. The summed E-state index contributed by atoms with van der Waals surface area (Å²) in [5, 5.41) is 5.01. The summed E-state index contributed by atoms with van der Waals surface area (Å²) in [5.41, 5.74) is 5.20. The van der Waals surface area contributed by atoms with E-state index >= 15 is 0 Å². The summed E-state index contributed by atoms with van der Waals surface area (Å²) in [7, 11) is 0. The molecule has 2 rings (SSSR count). The van der Waals surface area contributed by atoms with Crippen LogP contribution in [0.1, 0.15) is 50.0 Å². The molecule has 1 aromatic carbocycles. The zero-order valence-corrected chi connectivity index (χ0v) is 13.3. The number of nitrogens with one attached hydrogen (secondary N) is 1. The fourth-order valence-corrected chi connectivity index (χ4v) is 2.80. The maximum absolute atomic E-state index is 6.28. The Morgan fingerprint density at radius 3 is 2.62 bits per heavy atom. The van der Waals surface area contributed by atoms with Gasteiger partial charge in [0.2, 0.25) is 0 Å². The minimum atomic E-state index is 0.0195. The lowest BCUT2D eigenvalue weighted by molar-refractivity contribution is 0.426. The number of halogens is 1. The Bertz CT molecular complexity index is 551. The molecule has 1 heterocycles. The highest BCUT2D eigenvalue weighted by Gasteiger charge is 2.20. The smallest absolute Gasteiger partial charge is 0.0834 e. The zero-order valence-electron chi connectivity index (χ0n) is 12.6. The van der Waals surface area contributed by atoms with Crippen LogP contribution >= 0.6 is 11.6 Å². The summed E-state index contributed by atoms with van der Waals surface area (Å²) in [6.07, 6.45) is 4.69. The number of nitrogens with zero attached hydrogens (tertiary/aromatic N) is 2. The van der Waals surface area contributed by atoms with Crippen molar-refractivity contribution in [1.29, 1.82) is 0 Å². The number of hydrogen-bond donors (Lipinski definition) is 2. The number of nitrogens with two attached hydrogens (primary N) is 1. The largest absolute Gasteiger partial charge is 0.271 e. The molecule has 4 nitrogen and oxygen atoms in total. The van der Waals surface area contributed by atoms with E-state index in [1.807, 2.05) is 10.7 Å². The molecule has 0 radical (unpaired) electrons. The van der Waals surface area contributed by atoms with Crippen LogP contribution in [0.5, 0.6) is 0 Å². The van der Waals surface area contributed by atoms with Crippen LogP contribution in [0.15, 0.2) is 36.5 Å². The van der Waals surface area contributed by atoms with E-state index in [9.17, 15) is 0 Å². The van der Waals surface area contributed by atoms with Crippen molar-refractivity contribution in [3.63, 3.8) is 0 Å². The molecule has 21 heavy (non-hydrogen) atoms. The summed E-state index contributed by atoms with van der Waals surface area (Å²) in [5.74, 6) is 5.73. The first-order valence-corrected chi connectivity index (χ1v) is 7.74. The van der Waals surface area contributed by atoms with Gasteiger partial charge >= 0.3 is 0 Å². The third-order valence-corrected chi connectivity index (χ3v) is 3.90. The Morgan fingerprint density at radius 1 is 1.29 bits per heavy atom. The van der Waals surface area contributed by atoms with Gasteiger partial charge in [-0.1, -0.05) is 41.9 Å². The SMILES string of the molecule is CC(C)n1ncc(Cl)c1C(CCCc1ccccc1)NN. The normalized spacial score (nSPS) is 12.8. The third kappa shape index (κ3) is 4.06. The fraction of sp³-hybridized carbons (Fsp3) is 0.438. The van der Waals surface area contributed by atoms with Crippen molar-refractivity contribution in [1.82, 2.24) is 15.2 Å². The molecule has 0 aliphatic rings. The van der Waals surface area contributed by atoms with Gasteiger partial charge in [-0.15, -0.1) is 0 Å². The molecular weight excluding hydrogens is 284 g/mol. The van der Waals surface area contributed by atoms with Crippen molar-refractivity contribution >= 4 is 11.6 Å². The lowest BCUT2D eigenvalue weighted by Crippen LogP contribution is -2.30. The van der Waals surface area contributed by atoms with Gasteiger partial charge in [0, 0.05) is 6.04 Å². The third-order valence-electron chi connectivity index (χ3n) is 3.61. The van der Waals surface area contributed by atoms with Crippen LogP contribution in [0.4, 0.5) is 0 Å². The van der Waals surface area contributed by atoms with Crippen molar-refractivity contribution in [3.05, 3.63) is 52.8 Å². The molecule has 0 amide bonds. The first-order chi connectivity index (χ1) is 10.1. The lowest BCUT2D eigenvalue weighted by Gasteiger charge is -2.20. The molecular formula is C16H23ClN4. The summed E-state index contributed by atoms with van der Waals surface area (Å²) in [6.45, 7) is 4.18. The van der Waals surface area contributed by atoms with Crippen LogP contribution < -0.4 is 11.3 Å². The quantitative estimate of drug-likeness (QED) is 0.606. The van der Waals surface area contributed by atoms with Crippen LogP contribution in [0.25, 0.3) is 0 Å². The maximum atomic E-state index is 6.28. The average molecular weight is 307 g/mol. The van der Waals surface area contributed by atoms with E-state index in [0.29, 0.717) is 5.02 Å². The number of benzene rings is 1. The highest BCUT2D eigenvalue weighted by atomic mass is 35.5. The molecule has 0 spiro atoms. The Labute approximate surface area is 131 Å². The topological polar surface area (TPSA) is 55.9 Å². The minimum absolute atomic E-state index is 0.0195. The van der Waals surface area contributed by atoms with Crippen molar-refractivity contribution < 1.29 is 0 Å². The van der Waals surface area contributed by atoms with Gasteiger partial charge in [0.15, 0.2) is 0 Å². The highest BCUT2D eigenvalue weighted by Crippen LogP contribution is 2.28. The van der Waals surface area contributed by atoms with E-state index in [1.165, 1.54) is 5.56 Å². The average Bonchev–Trinajstić information content (AvgIpc) is 2.87. The number of rotatable bonds is 7. The lowest BCUT2D eigenvalue weighted by atomic mass is 10.0. The second kappa shape index (κ2) is 7.59. The monoisotopic (exact) mass is 306 g/mol. The first-order valence-electron chi connectivity index (χ1n) is 7.36. The molecule has 5 heteroatoms. The Kier molecular flexibility index (Phi) is 5.79. The summed E-state index contributed by atoms with van der Waals surface area (Å²) >= 11 is 6.28. The summed E-state index contributed by atoms with van der Waals surface area (Å²) in [6, 6.07) is 10.8. The molecule has 1 unspecified atom stereocenters. The van der Waals surface area contributed by atoms with Crippen LogP contribution in [-0.2, 0) is 6.42 Å². The molecule has 3 N–H and O–H groups in total. The first kappa shape index (κ1) is 16.0. The van der Waals surface area contributed by atoms with Gasteiger partial charge in [-0.3, -0.25) is 16.0 Å². The summed E-state index contributed by atoms with van der Waals surface area (Å²) < 4.78 is 1.94. The number of aromatic nitrogens is 2. The molecule has 0 saturated carbocycles. The fourth-order valence-electron chi connectivity index (χ4n) is 2.54. The highest BCUT2D eigenvalue weighted by molar-refractivity contribution is 6.31.